The standard InChI is InChI=1S/C11H16N2/c1-9-5-6-11(13(9)2)10-4-3-7-12-8-10/h3-4,7-9,11H,5-6H2,1-2H3/t9-,11+/m1/s1. The molecule has 1 aliphatic heterocycles. The molecule has 2 heteroatoms. The van der Waals surface area contributed by atoms with Crippen molar-refractivity contribution in [3.8, 4) is 0 Å². The Bertz CT molecular complexity index is 271. The number of nitrogens with zero attached hydrogens (tertiary/aromatic N) is 2. The van der Waals surface area contributed by atoms with Crippen LogP contribution in [0.3, 0.4) is 0 Å². The van der Waals surface area contributed by atoms with Crippen molar-refractivity contribution < 1.29 is 0 Å². The summed E-state index contributed by atoms with van der Waals surface area (Å²) in [6.07, 6.45) is 6.39. The lowest BCUT2D eigenvalue weighted by atomic mass is 10.1. The summed E-state index contributed by atoms with van der Waals surface area (Å²) >= 11 is 0. The van der Waals surface area contributed by atoms with E-state index in [0.29, 0.717) is 12.1 Å². The van der Waals surface area contributed by atoms with Crippen molar-refractivity contribution in [2.75, 3.05) is 7.05 Å². The van der Waals surface area contributed by atoms with Gasteiger partial charge < -0.3 is 0 Å². The zero-order valence-corrected chi connectivity index (χ0v) is 8.27. The molecule has 0 aromatic carbocycles. The highest BCUT2D eigenvalue weighted by Crippen LogP contribution is 2.33. The second-order valence-electron chi connectivity index (χ2n) is 3.89. The molecule has 0 bridgehead atoms. The maximum absolute atomic E-state index is 4.16. The third kappa shape index (κ3) is 1.59. The van der Waals surface area contributed by atoms with Crippen molar-refractivity contribution in [2.24, 2.45) is 0 Å². The van der Waals surface area contributed by atoms with Gasteiger partial charge in [0.1, 0.15) is 0 Å². The summed E-state index contributed by atoms with van der Waals surface area (Å²) in [5.74, 6) is 0. The third-order valence-electron chi connectivity index (χ3n) is 3.11. The molecule has 1 fully saturated rings. The first-order chi connectivity index (χ1) is 6.29. The molecule has 0 aliphatic carbocycles. The molecule has 2 nitrogen and oxygen atoms in total. The van der Waals surface area contributed by atoms with Crippen LogP contribution in [0.4, 0.5) is 0 Å². The predicted molar refractivity (Wildman–Crippen MR) is 53.4 cm³/mol. The Balaban J connectivity index is 2.19. The van der Waals surface area contributed by atoms with Crippen molar-refractivity contribution in [1.29, 1.82) is 0 Å². The maximum Gasteiger partial charge on any atom is 0.0363 e. The monoisotopic (exact) mass is 176 g/mol. The number of hydrogen-bond acceptors (Lipinski definition) is 2. The van der Waals surface area contributed by atoms with E-state index in [4.69, 9.17) is 0 Å². The van der Waals surface area contributed by atoms with Crippen LogP contribution in [0.1, 0.15) is 31.4 Å². The summed E-state index contributed by atoms with van der Waals surface area (Å²) in [5.41, 5.74) is 1.36. The lowest BCUT2D eigenvalue weighted by Crippen LogP contribution is -2.24. The van der Waals surface area contributed by atoms with Crippen molar-refractivity contribution in [1.82, 2.24) is 9.88 Å². The minimum Gasteiger partial charge on any atom is -0.297 e. The first-order valence-corrected chi connectivity index (χ1v) is 4.91. The molecular formula is C11H16N2. The summed E-state index contributed by atoms with van der Waals surface area (Å²) in [6.45, 7) is 2.29. The molecule has 0 N–H and O–H groups in total. The van der Waals surface area contributed by atoms with E-state index in [-0.39, 0.29) is 0 Å². The van der Waals surface area contributed by atoms with Gasteiger partial charge in [0.25, 0.3) is 0 Å². The lowest BCUT2D eigenvalue weighted by molar-refractivity contribution is 0.256. The van der Waals surface area contributed by atoms with Gasteiger partial charge in [-0.1, -0.05) is 6.07 Å². The first-order valence-electron chi connectivity index (χ1n) is 4.91. The molecule has 0 amide bonds. The highest BCUT2D eigenvalue weighted by Gasteiger charge is 2.28. The van der Waals surface area contributed by atoms with Gasteiger partial charge in [-0.3, -0.25) is 9.88 Å². The minimum atomic E-state index is 0.587. The van der Waals surface area contributed by atoms with E-state index in [0.717, 1.165) is 0 Å². The van der Waals surface area contributed by atoms with Crippen molar-refractivity contribution >= 4 is 0 Å². The zero-order valence-electron chi connectivity index (χ0n) is 8.27. The molecule has 1 aromatic heterocycles. The van der Waals surface area contributed by atoms with Gasteiger partial charge in [0.15, 0.2) is 0 Å². The van der Waals surface area contributed by atoms with Crippen LogP contribution in [0.5, 0.6) is 0 Å². The molecule has 70 valence electrons. The Morgan fingerprint density at radius 2 is 2.31 bits per heavy atom. The van der Waals surface area contributed by atoms with Crippen LogP contribution in [-0.2, 0) is 0 Å². The first kappa shape index (κ1) is 8.70. The number of rotatable bonds is 1. The quantitative estimate of drug-likeness (QED) is 0.652. The second-order valence-corrected chi connectivity index (χ2v) is 3.89. The van der Waals surface area contributed by atoms with Gasteiger partial charge in [0.2, 0.25) is 0 Å². The lowest BCUT2D eigenvalue weighted by Gasteiger charge is -2.23. The summed E-state index contributed by atoms with van der Waals surface area (Å²) in [6, 6.07) is 5.49. The predicted octanol–water partition coefficient (Wildman–Crippen LogP) is 2.24. The van der Waals surface area contributed by atoms with E-state index in [9.17, 15) is 0 Å². The van der Waals surface area contributed by atoms with Crippen molar-refractivity contribution in [2.45, 2.75) is 31.8 Å². The fraction of sp³-hybridized carbons (Fsp3) is 0.545. The highest BCUT2D eigenvalue weighted by atomic mass is 15.2. The SMILES string of the molecule is C[C@@H]1CC[C@@H](c2cccnc2)N1C. The van der Waals surface area contributed by atoms with E-state index >= 15 is 0 Å². The average Bonchev–Trinajstić information content (AvgIpc) is 2.49. The zero-order chi connectivity index (χ0) is 9.26. The van der Waals surface area contributed by atoms with Gasteiger partial charge in [-0.25, -0.2) is 0 Å². The summed E-state index contributed by atoms with van der Waals surface area (Å²) < 4.78 is 0. The topological polar surface area (TPSA) is 16.1 Å². The van der Waals surface area contributed by atoms with Gasteiger partial charge >= 0.3 is 0 Å². The van der Waals surface area contributed by atoms with Crippen LogP contribution in [0.25, 0.3) is 0 Å². The molecule has 0 unspecified atom stereocenters. The molecular weight excluding hydrogens is 160 g/mol. The van der Waals surface area contributed by atoms with E-state index in [1.54, 1.807) is 0 Å². The average molecular weight is 176 g/mol. The molecule has 0 saturated carbocycles. The van der Waals surface area contributed by atoms with Crippen LogP contribution in [-0.4, -0.2) is 23.0 Å². The smallest absolute Gasteiger partial charge is 0.0363 e. The number of pyridine rings is 1. The van der Waals surface area contributed by atoms with Crippen LogP contribution in [0.15, 0.2) is 24.5 Å². The molecule has 0 spiro atoms. The molecule has 1 aliphatic rings. The summed E-state index contributed by atoms with van der Waals surface area (Å²) in [4.78, 5) is 6.60. The van der Waals surface area contributed by atoms with Crippen LogP contribution in [0, 0.1) is 0 Å². The van der Waals surface area contributed by atoms with Crippen molar-refractivity contribution in [3.63, 3.8) is 0 Å². The largest absolute Gasteiger partial charge is 0.297 e. The summed E-state index contributed by atoms with van der Waals surface area (Å²) in [5, 5.41) is 0. The van der Waals surface area contributed by atoms with Gasteiger partial charge in [-0.05, 0) is 38.4 Å². The fourth-order valence-electron chi connectivity index (χ4n) is 2.09. The van der Waals surface area contributed by atoms with Gasteiger partial charge in [-0.2, -0.15) is 0 Å². The molecule has 1 aromatic rings. The molecule has 0 radical (unpaired) electrons. The normalized spacial score (nSPS) is 29.4. The molecule has 2 heterocycles. The Morgan fingerprint density at radius 1 is 1.46 bits per heavy atom. The second kappa shape index (κ2) is 3.46. The molecule has 2 rings (SSSR count). The number of aromatic nitrogens is 1. The van der Waals surface area contributed by atoms with Crippen LogP contribution < -0.4 is 0 Å². The van der Waals surface area contributed by atoms with Crippen molar-refractivity contribution in [3.05, 3.63) is 30.1 Å². The number of hydrogen-bond donors (Lipinski definition) is 0. The third-order valence-corrected chi connectivity index (χ3v) is 3.11. The Hall–Kier alpha value is -0.890. The van der Waals surface area contributed by atoms with Gasteiger partial charge in [0, 0.05) is 24.5 Å². The minimum absolute atomic E-state index is 0.587. The molecule has 13 heavy (non-hydrogen) atoms. The molecule has 1 saturated heterocycles. The maximum atomic E-state index is 4.16. The van der Waals surface area contributed by atoms with E-state index < -0.39 is 0 Å². The number of likely N-dealkylation sites (tertiary alicyclic amines) is 1. The molecule has 2 atom stereocenters. The van der Waals surface area contributed by atoms with Crippen LogP contribution >= 0.6 is 0 Å². The highest BCUT2D eigenvalue weighted by molar-refractivity contribution is 5.15. The van der Waals surface area contributed by atoms with E-state index in [1.807, 2.05) is 18.5 Å². The van der Waals surface area contributed by atoms with Crippen LogP contribution in [0.2, 0.25) is 0 Å². The fourth-order valence-corrected chi connectivity index (χ4v) is 2.09. The van der Waals surface area contributed by atoms with E-state index in [1.165, 1.54) is 18.4 Å². The van der Waals surface area contributed by atoms with Gasteiger partial charge in [-0.15, -0.1) is 0 Å². The summed E-state index contributed by atoms with van der Waals surface area (Å²) in [7, 11) is 2.20. The Kier molecular flexibility index (Phi) is 2.32. The van der Waals surface area contributed by atoms with E-state index in [2.05, 4.69) is 29.9 Å². The Labute approximate surface area is 79.6 Å². The Morgan fingerprint density at radius 3 is 2.85 bits per heavy atom. The van der Waals surface area contributed by atoms with Gasteiger partial charge in [0.05, 0.1) is 0 Å².